The molecule has 0 unspecified atom stereocenters. The lowest BCUT2D eigenvalue weighted by atomic mass is 10.1. The highest BCUT2D eigenvalue weighted by molar-refractivity contribution is 5.96. The summed E-state index contributed by atoms with van der Waals surface area (Å²) in [6.45, 7) is 1.85. The van der Waals surface area contributed by atoms with Gasteiger partial charge in [0.05, 0.1) is 6.42 Å². The highest BCUT2D eigenvalue weighted by atomic mass is 16.2. The van der Waals surface area contributed by atoms with Crippen molar-refractivity contribution in [2.75, 3.05) is 0 Å². The third kappa shape index (κ3) is 4.14. The minimum Gasteiger partial charge on any atom is -0.324 e. The Morgan fingerprint density at radius 2 is 1.56 bits per heavy atom. The third-order valence-corrected chi connectivity index (χ3v) is 3.91. The molecular weight excluding hydrogens is 314 g/mol. The quantitative estimate of drug-likeness (QED) is 0.721. The zero-order chi connectivity index (χ0) is 17.6. The van der Waals surface area contributed by atoms with Gasteiger partial charge in [-0.2, -0.15) is 0 Å². The second kappa shape index (κ2) is 7.49. The van der Waals surface area contributed by atoms with Crippen LogP contribution in [0.5, 0.6) is 0 Å². The molecule has 0 bridgehead atoms. The Morgan fingerprint density at radius 1 is 0.880 bits per heavy atom. The number of nitrogens with one attached hydrogen (secondary N) is 2. The van der Waals surface area contributed by atoms with Crippen molar-refractivity contribution in [2.45, 2.75) is 13.3 Å². The van der Waals surface area contributed by atoms with Crippen LogP contribution in [-0.2, 0) is 11.2 Å². The van der Waals surface area contributed by atoms with Gasteiger partial charge in [0.2, 0.25) is 5.91 Å². The lowest BCUT2D eigenvalue weighted by Gasteiger charge is -2.09. The van der Waals surface area contributed by atoms with Gasteiger partial charge in [-0.25, -0.2) is 0 Å². The van der Waals surface area contributed by atoms with Crippen LogP contribution in [0.4, 0.5) is 0 Å². The van der Waals surface area contributed by atoms with Crippen LogP contribution >= 0.6 is 0 Å². The number of hydrogen-bond acceptors (Lipinski definition) is 2. The first-order valence-corrected chi connectivity index (χ1v) is 8.00. The molecule has 126 valence electrons. The summed E-state index contributed by atoms with van der Waals surface area (Å²) in [5.74, 6) is -0.593. The molecule has 2 amide bonds. The molecule has 0 spiro atoms. The lowest BCUT2D eigenvalue weighted by molar-refractivity contribution is -0.121. The minimum absolute atomic E-state index is 0.194. The van der Waals surface area contributed by atoms with Gasteiger partial charge in [0.1, 0.15) is 0 Å². The summed E-state index contributed by atoms with van der Waals surface area (Å²) in [5, 5.41) is 0. The summed E-state index contributed by atoms with van der Waals surface area (Å²) < 4.78 is 1.99. The van der Waals surface area contributed by atoms with Gasteiger partial charge < -0.3 is 4.57 Å². The van der Waals surface area contributed by atoms with Crippen LogP contribution in [0.2, 0.25) is 0 Å². The van der Waals surface area contributed by atoms with Gasteiger partial charge in [0.15, 0.2) is 0 Å². The van der Waals surface area contributed by atoms with Crippen molar-refractivity contribution in [1.82, 2.24) is 15.4 Å². The van der Waals surface area contributed by atoms with Crippen molar-refractivity contribution in [3.63, 3.8) is 0 Å². The summed E-state index contributed by atoms with van der Waals surface area (Å²) in [4.78, 5) is 24.1. The first-order chi connectivity index (χ1) is 12.1. The summed E-state index contributed by atoms with van der Waals surface area (Å²) in [6, 6.07) is 18.8. The van der Waals surface area contributed by atoms with E-state index >= 15 is 0 Å². The smallest absolute Gasteiger partial charge is 0.269 e. The van der Waals surface area contributed by atoms with E-state index < -0.39 is 0 Å². The fourth-order valence-corrected chi connectivity index (χ4v) is 2.54. The molecule has 3 rings (SSSR count). The number of amides is 2. The van der Waals surface area contributed by atoms with Gasteiger partial charge in [-0.05, 0) is 48.4 Å². The van der Waals surface area contributed by atoms with Crippen LogP contribution < -0.4 is 10.9 Å². The molecule has 3 aromatic rings. The van der Waals surface area contributed by atoms with E-state index in [0.717, 1.165) is 16.8 Å². The van der Waals surface area contributed by atoms with Crippen LogP contribution in [0.25, 0.3) is 5.69 Å². The highest BCUT2D eigenvalue weighted by Gasteiger charge is 2.09. The number of rotatable bonds is 4. The predicted octanol–water partition coefficient (Wildman–Crippen LogP) is 2.79. The lowest BCUT2D eigenvalue weighted by Crippen LogP contribution is -2.42. The average molecular weight is 333 g/mol. The number of carbonyl (C=O) groups is 2. The Kier molecular flexibility index (Phi) is 4.95. The molecule has 1 heterocycles. The maximum atomic E-state index is 12.1. The van der Waals surface area contributed by atoms with Gasteiger partial charge in [-0.15, -0.1) is 0 Å². The number of nitrogens with zero attached hydrogens (tertiary/aromatic N) is 1. The molecule has 0 aliphatic carbocycles. The van der Waals surface area contributed by atoms with Gasteiger partial charge in [0.25, 0.3) is 5.91 Å². The zero-order valence-electron chi connectivity index (χ0n) is 13.9. The monoisotopic (exact) mass is 333 g/mol. The van der Waals surface area contributed by atoms with Crippen molar-refractivity contribution < 1.29 is 9.59 Å². The minimum atomic E-state index is -0.325. The van der Waals surface area contributed by atoms with Gasteiger partial charge in [-0.1, -0.05) is 30.3 Å². The second-order valence-electron chi connectivity index (χ2n) is 5.75. The highest BCUT2D eigenvalue weighted by Crippen LogP contribution is 2.10. The number of hydrazine groups is 1. The Labute approximate surface area is 146 Å². The number of benzene rings is 2. The van der Waals surface area contributed by atoms with E-state index in [1.807, 2.05) is 72.4 Å². The molecule has 5 heteroatoms. The molecule has 0 atom stereocenters. The molecule has 25 heavy (non-hydrogen) atoms. The third-order valence-electron chi connectivity index (χ3n) is 3.91. The van der Waals surface area contributed by atoms with Crippen molar-refractivity contribution >= 4 is 11.8 Å². The molecule has 0 aliphatic rings. The Bertz CT molecular complexity index is 868. The standard InChI is InChI=1S/C20H19N3O2/c1-15-6-2-3-7-18(15)20(25)22-21-19(24)14-16-8-10-17(11-9-16)23-12-4-5-13-23/h2-13H,14H2,1H3,(H,21,24)(H,22,25). The molecule has 0 fully saturated rings. The van der Waals surface area contributed by atoms with Gasteiger partial charge >= 0.3 is 0 Å². The molecular formula is C20H19N3O2. The first kappa shape index (κ1) is 16.5. The van der Waals surface area contributed by atoms with E-state index in [1.165, 1.54) is 0 Å². The van der Waals surface area contributed by atoms with Gasteiger partial charge in [0, 0.05) is 23.6 Å². The van der Waals surface area contributed by atoms with Gasteiger partial charge in [-0.3, -0.25) is 20.4 Å². The zero-order valence-corrected chi connectivity index (χ0v) is 13.9. The first-order valence-electron chi connectivity index (χ1n) is 8.00. The summed E-state index contributed by atoms with van der Waals surface area (Å²) in [5.41, 5.74) is 8.21. The second-order valence-corrected chi connectivity index (χ2v) is 5.75. The maximum absolute atomic E-state index is 12.1. The molecule has 0 aliphatic heterocycles. The summed E-state index contributed by atoms with van der Waals surface area (Å²) in [6.07, 6.45) is 4.12. The van der Waals surface area contributed by atoms with Crippen LogP contribution in [0.1, 0.15) is 21.5 Å². The number of aryl methyl sites for hydroxylation is 1. The average Bonchev–Trinajstić information content (AvgIpc) is 3.15. The molecule has 5 nitrogen and oxygen atoms in total. The topological polar surface area (TPSA) is 63.1 Å². The number of hydrogen-bond donors (Lipinski definition) is 2. The SMILES string of the molecule is Cc1ccccc1C(=O)NNC(=O)Cc1ccc(-n2cccc2)cc1. The fourth-order valence-electron chi connectivity index (χ4n) is 2.54. The van der Waals surface area contributed by atoms with E-state index in [2.05, 4.69) is 10.9 Å². The van der Waals surface area contributed by atoms with Crippen LogP contribution in [0.15, 0.2) is 73.1 Å². The molecule has 1 aromatic heterocycles. The molecule has 0 saturated carbocycles. The molecule has 0 saturated heterocycles. The Hall–Kier alpha value is -3.34. The largest absolute Gasteiger partial charge is 0.324 e. The molecule has 2 aromatic carbocycles. The van der Waals surface area contributed by atoms with Crippen molar-refractivity contribution in [2.24, 2.45) is 0 Å². The van der Waals surface area contributed by atoms with E-state index in [0.29, 0.717) is 5.56 Å². The Balaban J connectivity index is 1.54. The number of aromatic nitrogens is 1. The van der Waals surface area contributed by atoms with Crippen molar-refractivity contribution in [1.29, 1.82) is 0 Å². The summed E-state index contributed by atoms with van der Waals surface area (Å²) >= 11 is 0. The fraction of sp³-hybridized carbons (Fsp3) is 0.100. The van der Waals surface area contributed by atoms with Crippen LogP contribution in [0, 0.1) is 6.92 Å². The van der Waals surface area contributed by atoms with Crippen LogP contribution in [-0.4, -0.2) is 16.4 Å². The van der Waals surface area contributed by atoms with Crippen LogP contribution in [0.3, 0.4) is 0 Å². The van der Waals surface area contributed by atoms with Crippen molar-refractivity contribution in [3.05, 3.63) is 89.7 Å². The molecule has 0 radical (unpaired) electrons. The molecule has 2 N–H and O–H groups in total. The predicted molar refractivity (Wildman–Crippen MR) is 96.3 cm³/mol. The van der Waals surface area contributed by atoms with E-state index in [9.17, 15) is 9.59 Å². The van der Waals surface area contributed by atoms with E-state index in [4.69, 9.17) is 0 Å². The maximum Gasteiger partial charge on any atom is 0.269 e. The Morgan fingerprint density at radius 3 is 2.24 bits per heavy atom. The van der Waals surface area contributed by atoms with Crippen molar-refractivity contribution in [3.8, 4) is 5.69 Å². The van der Waals surface area contributed by atoms with E-state index in [1.54, 1.807) is 12.1 Å². The number of carbonyl (C=O) groups excluding carboxylic acids is 2. The summed E-state index contributed by atoms with van der Waals surface area (Å²) in [7, 11) is 0. The normalized spacial score (nSPS) is 10.3. The van der Waals surface area contributed by atoms with E-state index in [-0.39, 0.29) is 18.2 Å².